The fourth-order valence-electron chi connectivity index (χ4n) is 2.32. The van der Waals surface area contributed by atoms with Gasteiger partial charge in [0.1, 0.15) is 5.82 Å². The van der Waals surface area contributed by atoms with Gasteiger partial charge in [-0.05, 0) is 42.3 Å². The van der Waals surface area contributed by atoms with Gasteiger partial charge in [0.2, 0.25) is 16.0 Å². The first-order valence-corrected chi connectivity index (χ1v) is 9.53. The van der Waals surface area contributed by atoms with Gasteiger partial charge in [0, 0.05) is 12.2 Å². The molecule has 0 saturated heterocycles. The number of nitrogens with one attached hydrogen (secondary N) is 2. The van der Waals surface area contributed by atoms with Crippen LogP contribution in [-0.2, 0) is 16.4 Å². The Balaban J connectivity index is 1.57. The molecule has 0 radical (unpaired) electrons. The van der Waals surface area contributed by atoms with Crippen molar-refractivity contribution in [2.24, 2.45) is 5.14 Å². The third-order valence-electron chi connectivity index (χ3n) is 3.61. The number of hydrogen-bond acceptors (Lipinski definition) is 7. The maximum atomic E-state index is 13.2. The maximum absolute atomic E-state index is 13.2. The Kier molecular flexibility index (Phi) is 5.57. The molecule has 0 aliphatic carbocycles. The third kappa shape index (κ3) is 5.43. The molecular weight excluding hydrogens is 371 g/mol. The molecule has 2 aromatic carbocycles. The molecule has 0 amide bonds. The van der Waals surface area contributed by atoms with E-state index in [1.54, 1.807) is 24.3 Å². The van der Waals surface area contributed by atoms with Crippen molar-refractivity contribution in [1.82, 2.24) is 15.2 Å². The van der Waals surface area contributed by atoms with E-state index >= 15 is 0 Å². The number of anilines is 3. The second-order valence-corrected chi connectivity index (χ2v) is 7.23. The van der Waals surface area contributed by atoms with Crippen molar-refractivity contribution in [3.63, 3.8) is 0 Å². The van der Waals surface area contributed by atoms with Gasteiger partial charge in [-0.2, -0.15) is 10.1 Å². The Bertz CT molecular complexity index is 1030. The van der Waals surface area contributed by atoms with Crippen LogP contribution in [0.15, 0.2) is 59.6 Å². The number of sulfonamides is 1. The van der Waals surface area contributed by atoms with Gasteiger partial charge >= 0.3 is 0 Å². The summed E-state index contributed by atoms with van der Waals surface area (Å²) >= 11 is 0. The highest BCUT2D eigenvalue weighted by atomic mass is 32.2. The van der Waals surface area contributed by atoms with E-state index in [0.717, 1.165) is 5.56 Å². The fraction of sp³-hybridized carbons (Fsp3) is 0.118. The van der Waals surface area contributed by atoms with E-state index in [9.17, 15) is 12.8 Å². The number of nitrogens with two attached hydrogens (primary N) is 1. The summed E-state index contributed by atoms with van der Waals surface area (Å²) in [6.45, 7) is 0.548. The van der Waals surface area contributed by atoms with Gasteiger partial charge in [-0.25, -0.2) is 17.9 Å². The smallest absolute Gasteiger partial charge is 0.249 e. The average Bonchev–Trinajstić information content (AvgIpc) is 2.62. The number of rotatable bonds is 7. The van der Waals surface area contributed by atoms with Crippen LogP contribution in [0.1, 0.15) is 5.56 Å². The summed E-state index contributed by atoms with van der Waals surface area (Å²) in [5.74, 6) is 0.379. The zero-order valence-corrected chi connectivity index (χ0v) is 14.9. The number of nitrogens with zero attached hydrogens (tertiary/aromatic N) is 3. The predicted molar refractivity (Wildman–Crippen MR) is 99.5 cm³/mol. The molecule has 0 aliphatic heterocycles. The number of halogens is 1. The summed E-state index contributed by atoms with van der Waals surface area (Å²) in [5.41, 5.74) is 1.46. The molecule has 0 aliphatic rings. The molecule has 10 heteroatoms. The molecule has 140 valence electrons. The van der Waals surface area contributed by atoms with Crippen molar-refractivity contribution in [3.05, 3.63) is 66.1 Å². The minimum absolute atomic E-state index is 0.0762. The van der Waals surface area contributed by atoms with Crippen molar-refractivity contribution >= 4 is 27.5 Å². The summed E-state index contributed by atoms with van der Waals surface area (Å²) in [4.78, 5) is 4.34. The normalized spacial score (nSPS) is 11.2. The van der Waals surface area contributed by atoms with Crippen molar-refractivity contribution in [3.8, 4) is 0 Å². The molecule has 0 atom stereocenters. The summed E-state index contributed by atoms with van der Waals surface area (Å²) in [5, 5.41) is 18.8. The van der Waals surface area contributed by atoms with Gasteiger partial charge in [-0.3, -0.25) is 0 Å². The SMILES string of the molecule is NS(=O)(=O)c1ccc(CCNc2cnnc(Nc3cccc(F)c3)n2)cc1. The largest absolute Gasteiger partial charge is 0.368 e. The number of hydrogen-bond donors (Lipinski definition) is 3. The molecule has 3 rings (SSSR count). The van der Waals surface area contributed by atoms with Crippen molar-refractivity contribution in [2.75, 3.05) is 17.2 Å². The lowest BCUT2D eigenvalue weighted by Gasteiger charge is -2.08. The van der Waals surface area contributed by atoms with Crippen LogP contribution in [0, 0.1) is 5.82 Å². The maximum Gasteiger partial charge on any atom is 0.249 e. The Morgan fingerprint density at radius 1 is 1.11 bits per heavy atom. The molecule has 0 bridgehead atoms. The molecule has 0 fully saturated rings. The van der Waals surface area contributed by atoms with Gasteiger partial charge < -0.3 is 10.6 Å². The van der Waals surface area contributed by atoms with Crippen LogP contribution < -0.4 is 15.8 Å². The van der Waals surface area contributed by atoms with E-state index in [4.69, 9.17) is 5.14 Å². The molecule has 4 N–H and O–H groups in total. The van der Waals surface area contributed by atoms with Gasteiger partial charge in [0.05, 0.1) is 11.1 Å². The lowest BCUT2D eigenvalue weighted by atomic mass is 10.1. The Labute approximate surface area is 155 Å². The van der Waals surface area contributed by atoms with E-state index in [2.05, 4.69) is 25.8 Å². The first-order chi connectivity index (χ1) is 12.9. The van der Waals surface area contributed by atoms with Crippen LogP contribution in [0.2, 0.25) is 0 Å². The summed E-state index contributed by atoms with van der Waals surface area (Å²) in [6, 6.07) is 12.3. The highest BCUT2D eigenvalue weighted by Crippen LogP contribution is 2.15. The van der Waals surface area contributed by atoms with Crippen LogP contribution in [0.4, 0.5) is 21.8 Å². The molecule has 1 aromatic heterocycles. The van der Waals surface area contributed by atoms with Crippen LogP contribution in [-0.4, -0.2) is 30.1 Å². The van der Waals surface area contributed by atoms with E-state index < -0.39 is 10.0 Å². The number of aromatic nitrogens is 3. The standard InChI is InChI=1S/C17H17FN6O2S/c18-13-2-1-3-14(10-13)22-17-23-16(11-21-24-17)20-9-8-12-4-6-15(7-5-12)27(19,25)26/h1-7,10-11H,8-9H2,(H2,19,25,26)(H2,20,22,23,24). The first kappa shape index (κ1) is 18.7. The molecule has 3 aromatic rings. The molecule has 8 nitrogen and oxygen atoms in total. The minimum atomic E-state index is -3.69. The quantitative estimate of drug-likeness (QED) is 0.566. The molecule has 1 heterocycles. The molecule has 0 saturated carbocycles. The molecule has 27 heavy (non-hydrogen) atoms. The van der Waals surface area contributed by atoms with Gasteiger partial charge in [0.25, 0.3) is 0 Å². The van der Waals surface area contributed by atoms with Crippen LogP contribution in [0.5, 0.6) is 0 Å². The lowest BCUT2D eigenvalue weighted by Crippen LogP contribution is -2.12. The summed E-state index contributed by atoms with van der Waals surface area (Å²) < 4.78 is 35.7. The van der Waals surface area contributed by atoms with E-state index in [-0.39, 0.29) is 16.7 Å². The number of primary sulfonamides is 1. The second-order valence-electron chi connectivity index (χ2n) is 5.67. The molecule has 0 spiro atoms. The van der Waals surface area contributed by atoms with E-state index in [0.29, 0.717) is 24.5 Å². The molecule has 0 unspecified atom stereocenters. The minimum Gasteiger partial charge on any atom is -0.368 e. The van der Waals surface area contributed by atoms with Crippen molar-refractivity contribution in [2.45, 2.75) is 11.3 Å². The molecular formula is C17H17FN6O2S. The fourth-order valence-corrected chi connectivity index (χ4v) is 2.83. The first-order valence-electron chi connectivity index (χ1n) is 7.98. The van der Waals surface area contributed by atoms with Crippen molar-refractivity contribution in [1.29, 1.82) is 0 Å². The van der Waals surface area contributed by atoms with Gasteiger partial charge in [-0.15, -0.1) is 5.10 Å². The Hall–Kier alpha value is -3.11. The zero-order valence-electron chi connectivity index (χ0n) is 14.1. The van der Waals surface area contributed by atoms with Gasteiger partial charge in [0.15, 0.2) is 5.82 Å². The van der Waals surface area contributed by atoms with Crippen LogP contribution >= 0.6 is 0 Å². The highest BCUT2D eigenvalue weighted by Gasteiger charge is 2.07. The van der Waals surface area contributed by atoms with Gasteiger partial charge in [-0.1, -0.05) is 18.2 Å². The predicted octanol–water partition coefficient (Wildman–Crippen LogP) is 2.06. The Morgan fingerprint density at radius 3 is 2.59 bits per heavy atom. The van der Waals surface area contributed by atoms with E-state index in [1.165, 1.54) is 30.5 Å². The topological polar surface area (TPSA) is 123 Å². The third-order valence-corrected chi connectivity index (χ3v) is 4.54. The lowest BCUT2D eigenvalue weighted by molar-refractivity contribution is 0.597. The van der Waals surface area contributed by atoms with Crippen LogP contribution in [0.25, 0.3) is 0 Å². The average molecular weight is 388 g/mol. The van der Waals surface area contributed by atoms with Crippen LogP contribution in [0.3, 0.4) is 0 Å². The summed E-state index contributed by atoms with van der Waals surface area (Å²) in [6.07, 6.45) is 2.11. The van der Waals surface area contributed by atoms with Crippen molar-refractivity contribution < 1.29 is 12.8 Å². The van der Waals surface area contributed by atoms with E-state index in [1.807, 2.05) is 0 Å². The highest BCUT2D eigenvalue weighted by molar-refractivity contribution is 7.89. The zero-order chi connectivity index (χ0) is 19.3. The monoisotopic (exact) mass is 388 g/mol. The second kappa shape index (κ2) is 8.06. The Morgan fingerprint density at radius 2 is 1.89 bits per heavy atom. The number of benzene rings is 2. The summed E-state index contributed by atoms with van der Waals surface area (Å²) in [7, 11) is -3.69.